The molecule has 0 aliphatic carbocycles. The number of carbonyl (C=O) groups excluding carboxylic acids is 2. The molecule has 0 N–H and O–H groups in total. The molecule has 0 aromatic heterocycles. The first-order valence-electron chi connectivity index (χ1n) is 22.5. The fraction of sp³-hybridized carbons (Fsp3) is 0.826. The molecule has 340 valence electrons. The van der Waals surface area contributed by atoms with Crippen LogP contribution >= 0.6 is 0 Å². The Morgan fingerprint density at radius 1 is 0.932 bits per heavy atom. The van der Waals surface area contributed by atoms with Crippen molar-refractivity contribution in [2.24, 2.45) is 17.8 Å². The van der Waals surface area contributed by atoms with Crippen molar-refractivity contribution >= 4 is 12.1 Å². The van der Waals surface area contributed by atoms with Gasteiger partial charge in [0.15, 0.2) is 0 Å². The standard InChI is InChI=1S/C46H80N2O11/c1-11-39(55-30-27-52-13-3)37(8)44-41(57-44)33-46(9,56-31-28-53-14-4)21-15-16-35(6)43-36(7)18-20-40(58-45(50)48-24-22-47(10)23-25-48)34(5)17-19-38(32-42(49)59-43)54-29-26-51-12-2/h15-16,18,20-21,34,36-41,43-44H,11-14,17,19,22-33H2,1-10H3/b20-18+,21-15+,35-16+. The van der Waals surface area contributed by atoms with Gasteiger partial charge in [-0.3, -0.25) is 4.79 Å². The molecule has 0 radical (unpaired) electrons. The van der Waals surface area contributed by atoms with Crippen LogP contribution in [0.3, 0.4) is 0 Å². The first-order valence-corrected chi connectivity index (χ1v) is 22.5. The minimum atomic E-state index is -0.637. The third-order valence-corrected chi connectivity index (χ3v) is 11.6. The van der Waals surface area contributed by atoms with Gasteiger partial charge in [0.05, 0.1) is 76.1 Å². The van der Waals surface area contributed by atoms with Crippen LogP contribution in [0.2, 0.25) is 0 Å². The number of cyclic esters (lactones) is 1. The lowest BCUT2D eigenvalue weighted by Crippen LogP contribution is -2.48. The Hall–Kier alpha value is -2.36. The van der Waals surface area contributed by atoms with Crippen molar-refractivity contribution in [3.63, 3.8) is 0 Å². The zero-order valence-corrected chi connectivity index (χ0v) is 38.2. The van der Waals surface area contributed by atoms with Crippen molar-refractivity contribution in [1.29, 1.82) is 0 Å². The van der Waals surface area contributed by atoms with E-state index in [2.05, 4.69) is 45.7 Å². The van der Waals surface area contributed by atoms with E-state index >= 15 is 0 Å². The van der Waals surface area contributed by atoms with E-state index in [1.54, 1.807) is 4.90 Å². The highest BCUT2D eigenvalue weighted by atomic mass is 16.6. The van der Waals surface area contributed by atoms with Crippen molar-refractivity contribution in [2.45, 2.75) is 137 Å². The van der Waals surface area contributed by atoms with Gasteiger partial charge in [-0.25, -0.2) is 4.79 Å². The average molecular weight is 837 g/mol. The maximum absolute atomic E-state index is 13.6. The molecule has 10 atom stereocenters. The summed E-state index contributed by atoms with van der Waals surface area (Å²) < 4.78 is 54.1. The fourth-order valence-electron chi connectivity index (χ4n) is 7.77. The smallest absolute Gasteiger partial charge is 0.410 e. The number of likely N-dealkylation sites (N-methyl/N-ethyl adjacent to an activating group) is 1. The Morgan fingerprint density at radius 3 is 2.25 bits per heavy atom. The molecule has 13 heteroatoms. The SMILES string of the molecule is CCOCCOC1CCC(C)C(OC(=O)N2CCN(C)CC2)/C=C/C(C)C(/C(C)=C/C=C/C(C)(CC2OC2C(C)C(CC)OCCOCC)OCCOCC)OC(=O)C1. The Morgan fingerprint density at radius 2 is 1.59 bits per heavy atom. The number of carbonyl (C=O) groups is 2. The van der Waals surface area contributed by atoms with Crippen molar-refractivity contribution in [1.82, 2.24) is 9.80 Å². The second-order valence-corrected chi connectivity index (χ2v) is 16.6. The van der Waals surface area contributed by atoms with Gasteiger partial charge in [0.25, 0.3) is 0 Å². The van der Waals surface area contributed by atoms with Gasteiger partial charge in [-0.2, -0.15) is 0 Å². The second kappa shape index (κ2) is 27.6. The molecule has 2 fully saturated rings. The number of esters is 1. The van der Waals surface area contributed by atoms with Crippen molar-refractivity contribution in [3.8, 4) is 0 Å². The number of nitrogens with zero attached hydrogens (tertiary/aromatic N) is 2. The molecule has 13 nitrogen and oxygen atoms in total. The van der Waals surface area contributed by atoms with E-state index in [4.69, 9.17) is 42.6 Å². The quantitative estimate of drug-likeness (QED) is 0.0326. The van der Waals surface area contributed by atoms with E-state index in [9.17, 15) is 9.59 Å². The summed E-state index contributed by atoms with van der Waals surface area (Å²) in [6.07, 6.45) is 11.6. The summed E-state index contributed by atoms with van der Waals surface area (Å²) in [6, 6.07) is 0. The summed E-state index contributed by atoms with van der Waals surface area (Å²) in [4.78, 5) is 30.9. The number of ether oxygens (including phenoxy) is 9. The summed E-state index contributed by atoms with van der Waals surface area (Å²) >= 11 is 0. The summed E-state index contributed by atoms with van der Waals surface area (Å²) in [6.45, 7) is 26.1. The molecule has 1 amide bonds. The second-order valence-electron chi connectivity index (χ2n) is 16.6. The number of allylic oxidation sites excluding steroid dienone is 2. The Balaban J connectivity index is 1.81. The van der Waals surface area contributed by atoms with Crippen LogP contribution < -0.4 is 0 Å². The fourth-order valence-corrected chi connectivity index (χ4v) is 7.77. The zero-order chi connectivity index (χ0) is 43.2. The molecule has 0 aromatic rings. The van der Waals surface area contributed by atoms with Crippen LogP contribution in [-0.4, -0.2) is 157 Å². The third kappa shape index (κ3) is 18.7. The van der Waals surface area contributed by atoms with E-state index in [1.807, 2.05) is 58.9 Å². The molecule has 3 aliphatic heterocycles. The first kappa shape index (κ1) is 51.0. The summed E-state index contributed by atoms with van der Waals surface area (Å²) in [5, 5.41) is 0. The molecule has 3 heterocycles. The van der Waals surface area contributed by atoms with E-state index in [0.717, 1.165) is 25.1 Å². The number of piperazine rings is 1. The van der Waals surface area contributed by atoms with Gasteiger partial charge >= 0.3 is 12.1 Å². The number of rotatable bonds is 24. The summed E-state index contributed by atoms with van der Waals surface area (Å²) in [5.41, 5.74) is 0.236. The van der Waals surface area contributed by atoms with Gasteiger partial charge in [0.1, 0.15) is 12.2 Å². The van der Waals surface area contributed by atoms with Gasteiger partial charge in [-0.1, -0.05) is 52.0 Å². The monoisotopic (exact) mass is 837 g/mol. The molecule has 3 aliphatic rings. The van der Waals surface area contributed by atoms with Crippen LogP contribution in [0.4, 0.5) is 4.79 Å². The number of hydrogen-bond acceptors (Lipinski definition) is 12. The van der Waals surface area contributed by atoms with Crippen LogP contribution in [0.25, 0.3) is 0 Å². The Bertz CT molecular complexity index is 1290. The minimum Gasteiger partial charge on any atom is -0.457 e. The maximum Gasteiger partial charge on any atom is 0.410 e. The van der Waals surface area contributed by atoms with Crippen LogP contribution in [0, 0.1) is 17.8 Å². The Labute approximate surface area is 356 Å². The van der Waals surface area contributed by atoms with Crippen LogP contribution in [0.5, 0.6) is 0 Å². The minimum absolute atomic E-state index is 0.000500. The molecular weight excluding hydrogens is 757 g/mol. The molecule has 3 rings (SSSR count). The van der Waals surface area contributed by atoms with E-state index in [-0.39, 0.29) is 60.7 Å². The Kier molecular flexibility index (Phi) is 23.8. The van der Waals surface area contributed by atoms with Gasteiger partial charge in [0.2, 0.25) is 0 Å². The van der Waals surface area contributed by atoms with Gasteiger partial charge in [0, 0.05) is 64.3 Å². The van der Waals surface area contributed by atoms with Crippen molar-refractivity contribution < 1.29 is 52.2 Å². The molecule has 10 unspecified atom stereocenters. The number of epoxide rings is 1. The first-order chi connectivity index (χ1) is 28.3. The van der Waals surface area contributed by atoms with Gasteiger partial charge < -0.3 is 52.4 Å². The third-order valence-electron chi connectivity index (χ3n) is 11.6. The van der Waals surface area contributed by atoms with Gasteiger partial charge in [-0.15, -0.1) is 0 Å². The molecule has 59 heavy (non-hydrogen) atoms. The predicted octanol–water partition coefficient (Wildman–Crippen LogP) is 7.02. The largest absolute Gasteiger partial charge is 0.457 e. The zero-order valence-electron chi connectivity index (χ0n) is 38.2. The van der Waals surface area contributed by atoms with E-state index in [1.165, 1.54) is 0 Å². The molecule has 2 saturated heterocycles. The molecular formula is C46H80N2O11. The average Bonchev–Trinajstić information content (AvgIpc) is 3.98. The normalized spacial score (nSPS) is 28.9. The molecule has 0 aromatic carbocycles. The molecule has 0 spiro atoms. The van der Waals surface area contributed by atoms with Crippen molar-refractivity contribution in [2.75, 3.05) is 92.7 Å². The van der Waals surface area contributed by atoms with Crippen LogP contribution in [0.15, 0.2) is 36.0 Å². The number of amides is 1. The topological polar surface area (TPSA) is 127 Å². The summed E-state index contributed by atoms with van der Waals surface area (Å²) in [5.74, 6) is -0.304. The molecule has 0 saturated carbocycles. The van der Waals surface area contributed by atoms with Crippen LogP contribution in [0.1, 0.15) is 94.4 Å². The highest BCUT2D eigenvalue weighted by Crippen LogP contribution is 2.39. The van der Waals surface area contributed by atoms with Crippen molar-refractivity contribution in [3.05, 3.63) is 36.0 Å². The highest BCUT2D eigenvalue weighted by Gasteiger charge is 2.48. The lowest BCUT2D eigenvalue weighted by Gasteiger charge is -2.33. The van der Waals surface area contributed by atoms with Crippen LogP contribution in [-0.2, 0) is 47.4 Å². The highest BCUT2D eigenvalue weighted by molar-refractivity contribution is 5.70. The lowest BCUT2D eigenvalue weighted by atomic mass is 9.90. The van der Waals surface area contributed by atoms with Gasteiger partial charge in [-0.05, 0) is 78.5 Å². The summed E-state index contributed by atoms with van der Waals surface area (Å²) in [7, 11) is 2.06. The lowest BCUT2D eigenvalue weighted by molar-refractivity contribution is -0.152. The predicted molar refractivity (Wildman–Crippen MR) is 229 cm³/mol. The maximum atomic E-state index is 13.6. The molecule has 0 bridgehead atoms. The van der Waals surface area contributed by atoms with E-state index < -0.39 is 17.8 Å². The van der Waals surface area contributed by atoms with E-state index in [0.29, 0.717) is 91.8 Å². The number of hydrogen-bond donors (Lipinski definition) is 0.